The second-order valence-corrected chi connectivity index (χ2v) is 4.54. The van der Waals surface area contributed by atoms with E-state index < -0.39 is 0 Å². The molecule has 1 aromatic heterocycles. The standard InChI is InChI=1S/C13H24N4O2/c1-4-6-11-10-12(16(3)15-11)14-13(19)17(7-5-2)8-9-18/h10,18H,4-9H2,1-3H3,(H,14,19). The van der Waals surface area contributed by atoms with Gasteiger partial charge in [-0.05, 0) is 12.8 Å². The molecule has 0 saturated heterocycles. The summed E-state index contributed by atoms with van der Waals surface area (Å²) in [5, 5.41) is 16.1. The molecule has 1 heterocycles. The zero-order valence-electron chi connectivity index (χ0n) is 12.0. The quantitative estimate of drug-likeness (QED) is 0.789. The van der Waals surface area contributed by atoms with Crippen molar-refractivity contribution in [3.8, 4) is 0 Å². The van der Waals surface area contributed by atoms with Crippen LogP contribution >= 0.6 is 0 Å². The van der Waals surface area contributed by atoms with Gasteiger partial charge in [-0.1, -0.05) is 20.3 Å². The summed E-state index contributed by atoms with van der Waals surface area (Å²) in [5.41, 5.74) is 0.976. The van der Waals surface area contributed by atoms with E-state index in [0.717, 1.165) is 25.0 Å². The summed E-state index contributed by atoms with van der Waals surface area (Å²) < 4.78 is 1.67. The van der Waals surface area contributed by atoms with Crippen molar-refractivity contribution in [3.05, 3.63) is 11.8 Å². The molecule has 0 spiro atoms. The molecule has 19 heavy (non-hydrogen) atoms. The lowest BCUT2D eigenvalue weighted by molar-refractivity contribution is 0.188. The largest absolute Gasteiger partial charge is 0.395 e. The molecule has 0 aliphatic carbocycles. The van der Waals surface area contributed by atoms with E-state index in [9.17, 15) is 4.79 Å². The minimum Gasteiger partial charge on any atom is -0.395 e. The van der Waals surface area contributed by atoms with E-state index in [1.54, 1.807) is 9.58 Å². The van der Waals surface area contributed by atoms with Crippen LogP contribution in [-0.4, -0.2) is 45.5 Å². The molecular formula is C13H24N4O2. The van der Waals surface area contributed by atoms with Crippen LogP contribution in [-0.2, 0) is 13.5 Å². The number of rotatable bonds is 7. The number of nitrogens with zero attached hydrogens (tertiary/aromatic N) is 3. The van der Waals surface area contributed by atoms with Gasteiger partial charge in [0.2, 0.25) is 0 Å². The molecule has 0 bridgehead atoms. The Hall–Kier alpha value is -1.56. The topological polar surface area (TPSA) is 70.4 Å². The molecule has 6 nitrogen and oxygen atoms in total. The van der Waals surface area contributed by atoms with Crippen LogP contribution in [0.25, 0.3) is 0 Å². The van der Waals surface area contributed by atoms with Gasteiger partial charge in [0, 0.05) is 26.2 Å². The normalized spacial score (nSPS) is 10.5. The first-order valence-electron chi connectivity index (χ1n) is 6.82. The van der Waals surface area contributed by atoms with Gasteiger partial charge in [0.15, 0.2) is 0 Å². The number of aliphatic hydroxyl groups is 1. The van der Waals surface area contributed by atoms with Crippen molar-refractivity contribution < 1.29 is 9.90 Å². The summed E-state index contributed by atoms with van der Waals surface area (Å²) >= 11 is 0. The van der Waals surface area contributed by atoms with Gasteiger partial charge >= 0.3 is 6.03 Å². The minimum atomic E-state index is -0.193. The number of aromatic nitrogens is 2. The van der Waals surface area contributed by atoms with Crippen molar-refractivity contribution in [3.63, 3.8) is 0 Å². The lowest BCUT2D eigenvalue weighted by Crippen LogP contribution is -2.38. The number of anilines is 1. The van der Waals surface area contributed by atoms with Crippen molar-refractivity contribution in [1.82, 2.24) is 14.7 Å². The zero-order chi connectivity index (χ0) is 14.3. The lowest BCUT2D eigenvalue weighted by Gasteiger charge is -2.21. The molecule has 1 aromatic rings. The highest BCUT2D eigenvalue weighted by molar-refractivity contribution is 5.88. The summed E-state index contributed by atoms with van der Waals surface area (Å²) in [6, 6.07) is 1.70. The Morgan fingerprint density at radius 3 is 2.74 bits per heavy atom. The zero-order valence-corrected chi connectivity index (χ0v) is 12.0. The molecule has 0 unspecified atom stereocenters. The number of aryl methyl sites for hydroxylation is 2. The Balaban J connectivity index is 2.68. The van der Waals surface area contributed by atoms with Crippen LogP contribution in [0.2, 0.25) is 0 Å². The van der Waals surface area contributed by atoms with Crippen molar-refractivity contribution in [1.29, 1.82) is 0 Å². The van der Waals surface area contributed by atoms with E-state index in [2.05, 4.69) is 17.3 Å². The van der Waals surface area contributed by atoms with Crippen LogP contribution in [0.1, 0.15) is 32.4 Å². The number of amides is 2. The third-order valence-corrected chi connectivity index (χ3v) is 2.82. The molecular weight excluding hydrogens is 244 g/mol. The number of aliphatic hydroxyl groups excluding tert-OH is 1. The third-order valence-electron chi connectivity index (χ3n) is 2.82. The fourth-order valence-corrected chi connectivity index (χ4v) is 1.92. The molecule has 108 valence electrons. The highest BCUT2D eigenvalue weighted by Gasteiger charge is 2.14. The smallest absolute Gasteiger partial charge is 0.323 e. The average molecular weight is 268 g/mol. The number of carbonyl (C=O) groups excluding carboxylic acids is 1. The fourth-order valence-electron chi connectivity index (χ4n) is 1.92. The van der Waals surface area contributed by atoms with Crippen LogP contribution < -0.4 is 5.32 Å². The predicted octanol–water partition coefficient (Wildman–Crippen LogP) is 1.61. The highest BCUT2D eigenvalue weighted by atomic mass is 16.3. The fraction of sp³-hybridized carbons (Fsp3) is 0.692. The summed E-state index contributed by atoms with van der Waals surface area (Å²) in [7, 11) is 1.81. The van der Waals surface area contributed by atoms with Gasteiger partial charge in [0.1, 0.15) is 5.82 Å². The summed E-state index contributed by atoms with van der Waals surface area (Å²) in [6.07, 6.45) is 2.79. The summed E-state index contributed by atoms with van der Waals surface area (Å²) in [5.74, 6) is 0.687. The van der Waals surface area contributed by atoms with Gasteiger partial charge in [0.05, 0.1) is 12.3 Å². The number of nitrogens with one attached hydrogen (secondary N) is 1. The van der Waals surface area contributed by atoms with Crippen molar-refractivity contribution in [2.24, 2.45) is 7.05 Å². The molecule has 0 atom stereocenters. The van der Waals surface area contributed by atoms with Gasteiger partial charge in [-0.25, -0.2) is 4.79 Å². The Bertz CT molecular complexity index is 397. The van der Waals surface area contributed by atoms with Gasteiger partial charge in [-0.3, -0.25) is 10.00 Å². The predicted molar refractivity (Wildman–Crippen MR) is 75.2 cm³/mol. The number of hydrogen-bond donors (Lipinski definition) is 2. The van der Waals surface area contributed by atoms with Crippen LogP contribution in [0, 0.1) is 0 Å². The highest BCUT2D eigenvalue weighted by Crippen LogP contribution is 2.11. The number of hydrogen-bond acceptors (Lipinski definition) is 3. The van der Waals surface area contributed by atoms with Crippen molar-refractivity contribution in [2.75, 3.05) is 25.0 Å². The van der Waals surface area contributed by atoms with Gasteiger partial charge in [-0.2, -0.15) is 5.10 Å². The van der Waals surface area contributed by atoms with Crippen molar-refractivity contribution >= 4 is 11.8 Å². The van der Waals surface area contributed by atoms with Crippen LogP contribution in [0.5, 0.6) is 0 Å². The van der Waals surface area contributed by atoms with Gasteiger partial charge in [-0.15, -0.1) is 0 Å². The Morgan fingerprint density at radius 1 is 1.42 bits per heavy atom. The second-order valence-electron chi connectivity index (χ2n) is 4.54. The molecule has 0 aliphatic heterocycles. The second kappa shape index (κ2) is 7.78. The monoisotopic (exact) mass is 268 g/mol. The molecule has 0 aromatic carbocycles. The molecule has 0 saturated carbocycles. The minimum absolute atomic E-state index is 0.0279. The first-order chi connectivity index (χ1) is 9.12. The van der Waals surface area contributed by atoms with Gasteiger partial charge < -0.3 is 10.0 Å². The number of urea groups is 1. The maximum Gasteiger partial charge on any atom is 0.323 e. The maximum atomic E-state index is 12.1. The molecule has 0 aliphatic rings. The van der Waals surface area contributed by atoms with E-state index >= 15 is 0 Å². The molecule has 1 rings (SSSR count). The van der Waals surface area contributed by atoms with E-state index in [1.165, 1.54) is 0 Å². The number of carbonyl (C=O) groups is 1. The first kappa shape index (κ1) is 15.5. The Morgan fingerprint density at radius 2 is 2.16 bits per heavy atom. The Labute approximate surface area is 114 Å². The molecule has 2 amide bonds. The van der Waals surface area contributed by atoms with Crippen molar-refractivity contribution in [2.45, 2.75) is 33.1 Å². The van der Waals surface area contributed by atoms with Crippen LogP contribution in [0.4, 0.5) is 10.6 Å². The van der Waals surface area contributed by atoms with E-state index in [1.807, 2.05) is 20.0 Å². The van der Waals surface area contributed by atoms with Gasteiger partial charge in [0.25, 0.3) is 0 Å². The third kappa shape index (κ3) is 4.55. The SMILES string of the molecule is CCCc1cc(NC(=O)N(CCC)CCO)n(C)n1. The summed E-state index contributed by atoms with van der Waals surface area (Å²) in [4.78, 5) is 13.7. The molecule has 6 heteroatoms. The Kier molecular flexibility index (Phi) is 6.35. The van der Waals surface area contributed by atoms with E-state index in [0.29, 0.717) is 18.9 Å². The molecule has 0 fully saturated rings. The lowest BCUT2D eigenvalue weighted by atomic mass is 10.2. The average Bonchev–Trinajstić information content (AvgIpc) is 2.70. The molecule has 0 radical (unpaired) electrons. The first-order valence-corrected chi connectivity index (χ1v) is 6.82. The van der Waals surface area contributed by atoms with E-state index in [-0.39, 0.29) is 12.6 Å². The van der Waals surface area contributed by atoms with E-state index in [4.69, 9.17) is 5.11 Å². The molecule has 2 N–H and O–H groups in total. The maximum absolute atomic E-state index is 12.1. The van der Waals surface area contributed by atoms with Crippen LogP contribution in [0.15, 0.2) is 6.07 Å². The summed E-state index contributed by atoms with van der Waals surface area (Å²) in [6.45, 7) is 5.05. The van der Waals surface area contributed by atoms with Crippen LogP contribution in [0.3, 0.4) is 0 Å².